The zero-order valence-corrected chi connectivity index (χ0v) is 16.4. The Hall–Kier alpha value is -2.21. The smallest absolute Gasteiger partial charge is 0.276 e. The summed E-state index contributed by atoms with van der Waals surface area (Å²) in [6.45, 7) is 1.34. The number of carbonyl (C=O) groups excluding carboxylic acids is 1. The van der Waals surface area contributed by atoms with Crippen LogP contribution in [0, 0.1) is 5.92 Å². The van der Waals surface area contributed by atoms with E-state index in [0.29, 0.717) is 31.2 Å². The van der Waals surface area contributed by atoms with Crippen molar-refractivity contribution in [2.24, 2.45) is 5.92 Å². The first-order chi connectivity index (χ1) is 13.7. The van der Waals surface area contributed by atoms with Gasteiger partial charge in [-0.3, -0.25) is 4.79 Å². The first kappa shape index (κ1) is 19.1. The van der Waals surface area contributed by atoms with Crippen molar-refractivity contribution in [3.05, 3.63) is 47.8 Å². The molecule has 0 unspecified atom stereocenters. The minimum absolute atomic E-state index is 0.0296. The summed E-state index contributed by atoms with van der Waals surface area (Å²) in [6.07, 6.45) is 9.81. The number of aliphatic hydroxyl groups is 1. The number of hydrogen-bond acceptors (Lipinski definition) is 4. The van der Waals surface area contributed by atoms with Crippen LogP contribution >= 0.6 is 0 Å². The van der Waals surface area contributed by atoms with Gasteiger partial charge in [-0.2, -0.15) is 0 Å². The molecule has 6 nitrogen and oxygen atoms in total. The predicted octanol–water partition coefficient (Wildman–Crippen LogP) is 3.24. The molecule has 0 spiro atoms. The Morgan fingerprint density at radius 3 is 2.50 bits per heavy atom. The molecule has 2 fully saturated rings. The lowest BCUT2D eigenvalue weighted by Gasteiger charge is -2.34. The second kappa shape index (κ2) is 8.86. The monoisotopic (exact) mass is 382 g/mol. The van der Waals surface area contributed by atoms with E-state index in [-0.39, 0.29) is 17.9 Å². The van der Waals surface area contributed by atoms with Gasteiger partial charge in [0.2, 0.25) is 0 Å². The van der Waals surface area contributed by atoms with E-state index in [0.717, 1.165) is 31.2 Å². The molecule has 2 aliphatic rings. The molecule has 1 atom stereocenters. The highest BCUT2D eigenvalue weighted by Gasteiger charge is 2.29. The molecule has 0 radical (unpaired) electrons. The fourth-order valence-corrected chi connectivity index (χ4v) is 4.57. The minimum atomic E-state index is -0.355. The van der Waals surface area contributed by atoms with E-state index in [1.165, 1.54) is 19.3 Å². The summed E-state index contributed by atoms with van der Waals surface area (Å²) < 4.78 is 1.89. The van der Waals surface area contributed by atoms with Crippen LogP contribution in [-0.4, -0.2) is 50.1 Å². The van der Waals surface area contributed by atoms with Crippen LogP contribution in [0.1, 0.15) is 67.0 Å². The van der Waals surface area contributed by atoms with Gasteiger partial charge in [0.25, 0.3) is 5.91 Å². The van der Waals surface area contributed by atoms with Crippen molar-refractivity contribution in [2.45, 2.75) is 63.5 Å². The number of aliphatic hydroxyl groups excluding tert-OH is 1. The van der Waals surface area contributed by atoms with E-state index in [9.17, 15) is 9.90 Å². The molecule has 1 amide bonds. The molecule has 1 aromatic heterocycles. The number of amides is 1. The molecular weight excluding hydrogens is 352 g/mol. The van der Waals surface area contributed by atoms with Crippen LogP contribution in [0.25, 0.3) is 0 Å². The number of aromatic nitrogens is 3. The van der Waals surface area contributed by atoms with Gasteiger partial charge < -0.3 is 10.0 Å². The molecular formula is C22H30N4O2. The van der Waals surface area contributed by atoms with Crippen LogP contribution in [0.4, 0.5) is 0 Å². The normalized spacial score (nSPS) is 20.2. The average molecular weight is 383 g/mol. The zero-order valence-electron chi connectivity index (χ0n) is 16.4. The maximum Gasteiger partial charge on any atom is 0.276 e. The molecule has 1 aliphatic heterocycles. The first-order valence-electron chi connectivity index (χ1n) is 10.6. The van der Waals surface area contributed by atoms with Gasteiger partial charge in [0.1, 0.15) is 0 Å². The number of rotatable bonds is 5. The molecule has 4 rings (SSSR count). The number of nitrogens with zero attached hydrogens (tertiary/aromatic N) is 4. The van der Waals surface area contributed by atoms with Gasteiger partial charge in [-0.15, -0.1) is 5.10 Å². The minimum Gasteiger partial charge on any atom is -0.392 e. The van der Waals surface area contributed by atoms with Gasteiger partial charge in [-0.25, -0.2) is 4.68 Å². The number of hydrogen-bond donors (Lipinski definition) is 1. The molecule has 2 heterocycles. The van der Waals surface area contributed by atoms with Crippen molar-refractivity contribution >= 4 is 5.91 Å². The predicted molar refractivity (Wildman–Crippen MR) is 107 cm³/mol. The standard InChI is InChI=1S/C22H30N4O2/c27-21(15-17-7-3-1-4-8-17)18-11-13-25(14-12-18)22(28)20-16-26(24-23-20)19-9-5-2-6-10-19/h1,3-4,7-8,16,18-19,21,27H,2,5-6,9-15H2/t21-/m1/s1. The Kier molecular flexibility index (Phi) is 6.05. The molecule has 1 saturated heterocycles. The maximum atomic E-state index is 12.8. The summed E-state index contributed by atoms with van der Waals surface area (Å²) in [6, 6.07) is 10.5. The van der Waals surface area contributed by atoms with E-state index < -0.39 is 0 Å². The highest BCUT2D eigenvalue weighted by atomic mass is 16.3. The van der Waals surface area contributed by atoms with Crippen molar-refractivity contribution in [3.63, 3.8) is 0 Å². The number of likely N-dealkylation sites (tertiary alicyclic amines) is 1. The summed E-state index contributed by atoms with van der Waals surface area (Å²) in [5.41, 5.74) is 1.61. The van der Waals surface area contributed by atoms with Crippen molar-refractivity contribution in [2.75, 3.05) is 13.1 Å². The number of piperidine rings is 1. The summed E-state index contributed by atoms with van der Waals surface area (Å²) in [5, 5.41) is 19.0. The highest BCUT2D eigenvalue weighted by Crippen LogP contribution is 2.28. The van der Waals surface area contributed by atoms with Gasteiger partial charge in [0.15, 0.2) is 5.69 Å². The third kappa shape index (κ3) is 4.43. The Labute approximate surface area is 166 Å². The molecule has 28 heavy (non-hydrogen) atoms. The van der Waals surface area contributed by atoms with Gasteiger partial charge in [-0.1, -0.05) is 54.8 Å². The van der Waals surface area contributed by atoms with Crippen molar-refractivity contribution in [3.8, 4) is 0 Å². The van der Waals surface area contributed by atoms with Crippen molar-refractivity contribution < 1.29 is 9.90 Å². The Balaban J connectivity index is 1.29. The molecule has 1 saturated carbocycles. The number of benzene rings is 1. The summed E-state index contributed by atoms with van der Waals surface area (Å²) >= 11 is 0. The fraction of sp³-hybridized carbons (Fsp3) is 0.591. The summed E-state index contributed by atoms with van der Waals surface area (Å²) in [7, 11) is 0. The van der Waals surface area contributed by atoms with Crippen LogP contribution in [0.15, 0.2) is 36.5 Å². The Morgan fingerprint density at radius 1 is 1.07 bits per heavy atom. The first-order valence-corrected chi connectivity index (χ1v) is 10.6. The molecule has 150 valence electrons. The Bertz CT molecular complexity index is 762. The average Bonchev–Trinajstić information content (AvgIpc) is 3.25. The lowest BCUT2D eigenvalue weighted by Crippen LogP contribution is -2.41. The maximum absolute atomic E-state index is 12.8. The second-order valence-electron chi connectivity index (χ2n) is 8.26. The van der Waals surface area contributed by atoms with E-state index in [4.69, 9.17) is 0 Å². The van der Waals surface area contributed by atoms with Gasteiger partial charge in [0, 0.05) is 13.1 Å². The van der Waals surface area contributed by atoms with Crippen LogP contribution in [0.3, 0.4) is 0 Å². The largest absolute Gasteiger partial charge is 0.392 e. The third-order valence-corrected chi connectivity index (χ3v) is 6.34. The van der Waals surface area contributed by atoms with Gasteiger partial charge >= 0.3 is 0 Å². The van der Waals surface area contributed by atoms with Gasteiger partial charge in [-0.05, 0) is 43.6 Å². The Morgan fingerprint density at radius 2 is 1.79 bits per heavy atom. The van der Waals surface area contributed by atoms with E-state index in [2.05, 4.69) is 22.4 Å². The lowest BCUT2D eigenvalue weighted by molar-refractivity contribution is 0.0463. The summed E-state index contributed by atoms with van der Waals surface area (Å²) in [5.74, 6) is 0.209. The molecule has 2 aromatic rings. The molecule has 6 heteroatoms. The number of carbonyl (C=O) groups is 1. The van der Waals surface area contributed by atoms with Gasteiger partial charge in [0.05, 0.1) is 18.3 Å². The second-order valence-corrected chi connectivity index (χ2v) is 8.26. The van der Waals surface area contributed by atoms with E-state index >= 15 is 0 Å². The SMILES string of the molecule is O=C(c1cn(C2CCCCC2)nn1)N1CCC([C@H](O)Cc2ccccc2)CC1. The molecule has 1 aliphatic carbocycles. The topological polar surface area (TPSA) is 71.2 Å². The third-order valence-electron chi connectivity index (χ3n) is 6.34. The van der Waals surface area contributed by atoms with Crippen LogP contribution in [0.2, 0.25) is 0 Å². The van der Waals surface area contributed by atoms with Crippen LogP contribution < -0.4 is 0 Å². The van der Waals surface area contributed by atoms with E-state index in [1.807, 2.05) is 34.0 Å². The van der Waals surface area contributed by atoms with Crippen LogP contribution in [-0.2, 0) is 6.42 Å². The summed E-state index contributed by atoms with van der Waals surface area (Å²) in [4.78, 5) is 14.7. The molecule has 1 aromatic carbocycles. The molecule has 1 N–H and O–H groups in total. The fourth-order valence-electron chi connectivity index (χ4n) is 4.57. The van der Waals surface area contributed by atoms with Crippen molar-refractivity contribution in [1.29, 1.82) is 0 Å². The quantitative estimate of drug-likeness (QED) is 0.862. The van der Waals surface area contributed by atoms with Crippen LogP contribution in [0.5, 0.6) is 0 Å². The van der Waals surface area contributed by atoms with Crippen molar-refractivity contribution in [1.82, 2.24) is 19.9 Å². The molecule has 0 bridgehead atoms. The lowest BCUT2D eigenvalue weighted by atomic mass is 9.88. The zero-order chi connectivity index (χ0) is 19.3. The van der Waals surface area contributed by atoms with E-state index in [1.54, 1.807) is 0 Å². The highest BCUT2D eigenvalue weighted by molar-refractivity contribution is 5.92.